The van der Waals surface area contributed by atoms with E-state index < -0.39 is 12.2 Å². The van der Waals surface area contributed by atoms with E-state index in [1.807, 2.05) is 36.4 Å². The van der Waals surface area contributed by atoms with Crippen LogP contribution >= 0.6 is 0 Å². The van der Waals surface area contributed by atoms with Gasteiger partial charge in [-0.1, -0.05) is 24.3 Å². The van der Waals surface area contributed by atoms with Gasteiger partial charge in [-0.15, -0.1) is 0 Å². The van der Waals surface area contributed by atoms with Crippen molar-refractivity contribution >= 4 is 22.8 Å². The molecule has 20 heavy (non-hydrogen) atoms. The Labute approximate surface area is 117 Å². The molecule has 0 spiro atoms. The van der Waals surface area contributed by atoms with Gasteiger partial charge in [0.05, 0.1) is 17.7 Å². The van der Waals surface area contributed by atoms with Crippen LogP contribution in [0.2, 0.25) is 0 Å². The van der Waals surface area contributed by atoms with Gasteiger partial charge >= 0.3 is 0 Å². The predicted octanol–water partition coefficient (Wildman–Crippen LogP) is 1.96. The summed E-state index contributed by atoms with van der Waals surface area (Å²) >= 11 is 0. The average Bonchev–Trinajstić information content (AvgIpc) is 2.76. The molecule has 104 valence electrons. The van der Waals surface area contributed by atoms with Crippen molar-refractivity contribution in [3.8, 4) is 0 Å². The SMILES string of the molecule is Nc1ccc2ccc(/C=C/C3CCC(O)C3O)cc2n1. The van der Waals surface area contributed by atoms with Crippen LogP contribution in [0.4, 0.5) is 5.82 Å². The Bertz CT molecular complexity index is 654. The minimum Gasteiger partial charge on any atom is -0.390 e. The number of benzene rings is 1. The highest BCUT2D eigenvalue weighted by molar-refractivity contribution is 5.82. The number of hydrogen-bond acceptors (Lipinski definition) is 4. The lowest BCUT2D eigenvalue weighted by atomic mass is 10.0. The molecule has 1 heterocycles. The maximum atomic E-state index is 9.81. The minimum absolute atomic E-state index is 0.0227. The number of nitrogens with two attached hydrogens (primary N) is 1. The van der Waals surface area contributed by atoms with Gasteiger partial charge in [-0.05, 0) is 36.6 Å². The van der Waals surface area contributed by atoms with E-state index in [0.29, 0.717) is 12.2 Å². The van der Waals surface area contributed by atoms with Crippen LogP contribution in [0.1, 0.15) is 18.4 Å². The van der Waals surface area contributed by atoms with Crippen LogP contribution in [-0.2, 0) is 0 Å². The van der Waals surface area contributed by atoms with Crippen LogP contribution in [0.15, 0.2) is 36.4 Å². The number of hydrogen-bond donors (Lipinski definition) is 3. The molecule has 1 aliphatic carbocycles. The van der Waals surface area contributed by atoms with E-state index in [9.17, 15) is 10.2 Å². The quantitative estimate of drug-likeness (QED) is 0.779. The molecule has 1 aromatic carbocycles. The molecule has 0 saturated heterocycles. The molecule has 3 unspecified atom stereocenters. The van der Waals surface area contributed by atoms with Gasteiger partial charge in [-0.3, -0.25) is 0 Å². The van der Waals surface area contributed by atoms with Crippen LogP contribution < -0.4 is 5.73 Å². The van der Waals surface area contributed by atoms with Crippen molar-refractivity contribution in [2.45, 2.75) is 25.0 Å². The number of fused-ring (bicyclic) bond motifs is 1. The molecule has 1 aromatic heterocycles. The molecule has 1 fully saturated rings. The lowest BCUT2D eigenvalue weighted by Gasteiger charge is -2.12. The highest BCUT2D eigenvalue weighted by Crippen LogP contribution is 2.28. The van der Waals surface area contributed by atoms with Gasteiger partial charge in [0.2, 0.25) is 0 Å². The highest BCUT2D eigenvalue weighted by Gasteiger charge is 2.31. The zero-order valence-corrected chi connectivity index (χ0v) is 11.1. The molecule has 1 aliphatic rings. The first kappa shape index (κ1) is 13.1. The second-order valence-electron chi connectivity index (χ2n) is 5.35. The third-order valence-electron chi connectivity index (χ3n) is 3.90. The van der Waals surface area contributed by atoms with Crippen molar-refractivity contribution in [2.24, 2.45) is 5.92 Å². The maximum absolute atomic E-state index is 9.81. The van der Waals surface area contributed by atoms with E-state index in [1.165, 1.54) is 0 Å². The summed E-state index contributed by atoms with van der Waals surface area (Å²) in [4.78, 5) is 4.30. The molecule has 3 atom stereocenters. The molecule has 0 radical (unpaired) electrons. The monoisotopic (exact) mass is 270 g/mol. The van der Waals surface area contributed by atoms with Crippen molar-refractivity contribution in [3.63, 3.8) is 0 Å². The molecule has 0 bridgehead atoms. The Hall–Kier alpha value is -1.91. The summed E-state index contributed by atoms with van der Waals surface area (Å²) in [5, 5.41) is 20.4. The Balaban J connectivity index is 1.84. The molecule has 4 nitrogen and oxygen atoms in total. The molecule has 3 rings (SSSR count). The summed E-state index contributed by atoms with van der Waals surface area (Å²) in [6.07, 6.45) is 4.16. The smallest absolute Gasteiger partial charge is 0.124 e. The number of rotatable bonds is 2. The number of anilines is 1. The summed E-state index contributed by atoms with van der Waals surface area (Å²) in [5.41, 5.74) is 7.57. The fraction of sp³-hybridized carbons (Fsp3) is 0.312. The van der Waals surface area contributed by atoms with Gasteiger partial charge in [0, 0.05) is 11.3 Å². The number of nitrogen functional groups attached to an aromatic ring is 1. The maximum Gasteiger partial charge on any atom is 0.124 e. The number of nitrogens with zero attached hydrogens (tertiary/aromatic N) is 1. The summed E-state index contributed by atoms with van der Waals surface area (Å²) in [5.74, 6) is 0.530. The highest BCUT2D eigenvalue weighted by atomic mass is 16.3. The molecular weight excluding hydrogens is 252 g/mol. The first-order chi connectivity index (χ1) is 9.63. The molecule has 2 aromatic rings. The van der Waals surface area contributed by atoms with E-state index in [4.69, 9.17) is 5.73 Å². The lowest BCUT2D eigenvalue weighted by Crippen LogP contribution is -2.23. The minimum atomic E-state index is -0.652. The topological polar surface area (TPSA) is 79.4 Å². The second kappa shape index (κ2) is 5.23. The van der Waals surface area contributed by atoms with Gasteiger partial charge in [0.1, 0.15) is 5.82 Å². The van der Waals surface area contributed by atoms with E-state index in [1.54, 1.807) is 6.07 Å². The molecule has 0 amide bonds. The first-order valence-corrected chi connectivity index (χ1v) is 6.84. The largest absolute Gasteiger partial charge is 0.390 e. The third kappa shape index (κ3) is 2.53. The van der Waals surface area contributed by atoms with Crippen LogP contribution in [-0.4, -0.2) is 27.4 Å². The number of aliphatic hydroxyl groups is 2. The zero-order chi connectivity index (χ0) is 14.1. The van der Waals surface area contributed by atoms with Crippen molar-refractivity contribution in [3.05, 3.63) is 42.0 Å². The molecule has 1 saturated carbocycles. The van der Waals surface area contributed by atoms with Gasteiger partial charge in [0.15, 0.2) is 0 Å². The summed E-state index contributed by atoms with van der Waals surface area (Å²) in [7, 11) is 0. The van der Waals surface area contributed by atoms with Crippen LogP contribution in [0.3, 0.4) is 0 Å². The van der Waals surface area contributed by atoms with Crippen LogP contribution in [0, 0.1) is 5.92 Å². The van der Waals surface area contributed by atoms with Gasteiger partial charge in [-0.25, -0.2) is 4.98 Å². The Morgan fingerprint density at radius 1 is 1.15 bits per heavy atom. The second-order valence-corrected chi connectivity index (χ2v) is 5.35. The van der Waals surface area contributed by atoms with Crippen LogP contribution in [0.5, 0.6) is 0 Å². The fourth-order valence-corrected chi connectivity index (χ4v) is 2.69. The lowest BCUT2D eigenvalue weighted by molar-refractivity contribution is 0.0300. The Morgan fingerprint density at radius 3 is 2.70 bits per heavy atom. The fourth-order valence-electron chi connectivity index (χ4n) is 2.69. The van der Waals surface area contributed by atoms with Crippen molar-refractivity contribution in [1.82, 2.24) is 4.98 Å². The summed E-state index contributed by atoms with van der Waals surface area (Å²) < 4.78 is 0. The van der Waals surface area contributed by atoms with E-state index >= 15 is 0 Å². The van der Waals surface area contributed by atoms with Crippen molar-refractivity contribution < 1.29 is 10.2 Å². The van der Waals surface area contributed by atoms with Gasteiger partial charge in [-0.2, -0.15) is 0 Å². The first-order valence-electron chi connectivity index (χ1n) is 6.84. The summed E-state index contributed by atoms with van der Waals surface area (Å²) in [6, 6.07) is 9.71. The average molecular weight is 270 g/mol. The van der Waals surface area contributed by atoms with E-state index in [0.717, 1.165) is 22.9 Å². The Morgan fingerprint density at radius 2 is 1.95 bits per heavy atom. The van der Waals surface area contributed by atoms with Gasteiger partial charge in [0.25, 0.3) is 0 Å². The predicted molar refractivity (Wildman–Crippen MR) is 79.9 cm³/mol. The molecule has 4 heteroatoms. The third-order valence-corrected chi connectivity index (χ3v) is 3.90. The van der Waals surface area contributed by atoms with Crippen molar-refractivity contribution in [2.75, 3.05) is 5.73 Å². The number of aliphatic hydroxyl groups excluding tert-OH is 2. The normalized spacial score (nSPS) is 26.6. The number of pyridine rings is 1. The van der Waals surface area contributed by atoms with Crippen LogP contribution in [0.25, 0.3) is 17.0 Å². The number of aromatic nitrogens is 1. The molecule has 4 N–H and O–H groups in total. The van der Waals surface area contributed by atoms with E-state index in [2.05, 4.69) is 4.98 Å². The molecule has 0 aliphatic heterocycles. The Kier molecular flexibility index (Phi) is 3.42. The van der Waals surface area contributed by atoms with Gasteiger partial charge < -0.3 is 15.9 Å². The zero-order valence-electron chi connectivity index (χ0n) is 11.1. The van der Waals surface area contributed by atoms with E-state index in [-0.39, 0.29) is 5.92 Å². The standard InChI is InChI=1S/C16H18N2O2/c17-15-8-6-11-3-1-10(9-13(11)18-15)2-4-12-5-7-14(19)16(12)20/h1-4,6,8-9,12,14,16,19-20H,5,7H2,(H2,17,18)/b4-2+. The van der Waals surface area contributed by atoms with Crippen molar-refractivity contribution in [1.29, 1.82) is 0 Å². The summed E-state index contributed by atoms with van der Waals surface area (Å²) in [6.45, 7) is 0. The molecular formula is C16H18N2O2.